The van der Waals surface area contributed by atoms with Gasteiger partial charge in [0, 0.05) is 18.6 Å². The Labute approximate surface area is 110 Å². The molecule has 2 aliphatic rings. The Kier molecular flexibility index (Phi) is 4.28. The van der Waals surface area contributed by atoms with Crippen molar-refractivity contribution in [3.8, 4) is 0 Å². The first-order chi connectivity index (χ1) is 8.59. The van der Waals surface area contributed by atoms with Crippen LogP contribution in [0.5, 0.6) is 0 Å². The van der Waals surface area contributed by atoms with Gasteiger partial charge in [0.2, 0.25) is 0 Å². The Hall–Kier alpha value is -0.610. The Morgan fingerprint density at radius 2 is 1.94 bits per heavy atom. The van der Waals surface area contributed by atoms with Crippen molar-refractivity contribution in [3.05, 3.63) is 0 Å². The number of ether oxygens (including phenoxy) is 1. The SMILES string of the molecule is CCOC(=O)[C@@H](C)N1CCC2(CCCN2C)CC1. The summed E-state index contributed by atoms with van der Waals surface area (Å²) in [5.74, 6) is -0.0757. The number of nitrogens with zero attached hydrogens (tertiary/aromatic N) is 2. The molecule has 18 heavy (non-hydrogen) atoms. The van der Waals surface area contributed by atoms with Crippen molar-refractivity contribution >= 4 is 5.97 Å². The minimum absolute atomic E-state index is 0.0757. The van der Waals surface area contributed by atoms with Gasteiger partial charge >= 0.3 is 5.97 Å². The smallest absolute Gasteiger partial charge is 0.323 e. The molecule has 0 amide bonds. The third-order valence-electron chi connectivity index (χ3n) is 4.85. The summed E-state index contributed by atoms with van der Waals surface area (Å²) in [5.41, 5.74) is 0.422. The van der Waals surface area contributed by atoms with Crippen LogP contribution in [0.3, 0.4) is 0 Å². The summed E-state index contributed by atoms with van der Waals surface area (Å²) >= 11 is 0. The van der Waals surface area contributed by atoms with Crippen molar-refractivity contribution in [2.45, 2.75) is 51.1 Å². The van der Waals surface area contributed by atoms with Gasteiger partial charge in [-0.15, -0.1) is 0 Å². The molecule has 0 aromatic rings. The molecule has 2 rings (SSSR count). The van der Waals surface area contributed by atoms with E-state index in [-0.39, 0.29) is 12.0 Å². The molecular formula is C14H26N2O2. The van der Waals surface area contributed by atoms with E-state index in [4.69, 9.17) is 4.74 Å². The normalized spacial score (nSPS) is 26.4. The van der Waals surface area contributed by atoms with Crippen molar-refractivity contribution < 1.29 is 9.53 Å². The molecule has 0 unspecified atom stereocenters. The standard InChI is InChI=1S/C14H26N2O2/c1-4-18-13(17)12(2)16-10-7-14(8-11-16)6-5-9-15(14)3/h12H,4-11H2,1-3H3/t12-/m1/s1. The zero-order chi connectivity index (χ0) is 13.2. The van der Waals surface area contributed by atoms with Gasteiger partial charge < -0.3 is 9.64 Å². The monoisotopic (exact) mass is 254 g/mol. The summed E-state index contributed by atoms with van der Waals surface area (Å²) in [6.07, 6.45) is 5.02. The molecule has 2 heterocycles. The van der Waals surface area contributed by atoms with Crippen molar-refractivity contribution in [2.75, 3.05) is 33.3 Å². The van der Waals surface area contributed by atoms with Crippen LogP contribution >= 0.6 is 0 Å². The fourth-order valence-electron chi connectivity index (χ4n) is 3.44. The predicted octanol–water partition coefficient (Wildman–Crippen LogP) is 1.50. The van der Waals surface area contributed by atoms with E-state index in [0.717, 1.165) is 13.1 Å². The number of hydrogen-bond acceptors (Lipinski definition) is 4. The van der Waals surface area contributed by atoms with Gasteiger partial charge in [-0.2, -0.15) is 0 Å². The number of hydrogen-bond donors (Lipinski definition) is 0. The summed E-state index contributed by atoms with van der Waals surface area (Å²) in [6, 6.07) is -0.0889. The van der Waals surface area contributed by atoms with E-state index in [1.54, 1.807) is 0 Å². The molecular weight excluding hydrogens is 228 g/mol. The molecule has 0 N–H and O–H groups in total. The van der Waals surface area contributed by atoms with Crippen molar-refractivity contribution in [1.29, 1.82) is 0 Å². The maximum absolute atomic E-state index is 11.7. The molecule has 0 aromatic carbocycles. The molecule has 104 valence electrons. The predicted molar refractivity (Wildman–Crippen MR) is 71.5 cm³/mol. The molecule has 0 aliphatic carbocycles. The van der Waals surface area contributed by atoms with E-state index < -0.39 is 0 Å². The summed E-state index contributed by atoms with van der Waals surface area (Å²) in [4.78, 5) is 16.5. The summed E-state index contributed by atoms with van der Waals surface area (Å²) in [5, 5.41) is 0. The molecule has 0 bridgehead atoms. The van der Waals surface area contributed by atoms with Gasteiger partial charge in [-0.05, 0) is 53.1 Å². The lowest BCUT2D eigenvalue weighted by atomic mass is 9.85. The minimum Gasteiger partial charge on any atom is -0.465 e. The van der Waals surface area contributed by atoms with Crippen LogP contribution in [-0.2, 0) is 9.53 Å². The highest BCUT2D eigenvalue weighted by molar-refractivity contribution is 5.75. The van der Waals surface area contributed by atoms with Crippen LogP contribution in [0.25, 0.3) is 0 Å². The van der Waals surface area contributed by atoms with Crippen LogP contribution in [0.1, 0.15) is 39.5 Å². The van der Waals surface area contributed by atoms with E-state index in [0.29, 0.717) is 12.1 Å². The lowest BCUT2D eigenvalue weighted by Gasteiger charge is -2.44. The van der Waals surface area contributed by atoms with Gasteiger partial charge in [0.05, 0.1) is 6.61 Å². The first kappa shape index (κ1) is 13.8. The van der Waals surface area contributed by atoms with E-state index in [1.165, 1.54) is 32.2 Å². The molecule has 2 aliphatic heterocycles. The summed E-state index contributed by atoms with van der Waals surface area (Å²) in [6.45, 7) is 7.57. The van der Waals surface area contributed by atoms with Crippen LogP contribution in [0, 0.1) is 0 Å². The molecule has 2 saturated heterocycles. The second-order valence-corrected chi connectivity index (χ2v) is 5.71. The highest BCUT2D eigenvalue weighted by atomic mass is 16.5. The molecule has 4 nitrogen and oxygen atoms in total. The maximum atomic E-state index is 11.7. The highest BCUT2D eigenvalue weighted by Gasteiger charge is 2.42. The molecule has 1 atom stereocenters. The van der Waals surface area contributed by atoms with Crippen LogP contribution in [0.2, 0.25) is 0 Å². The Bertz CT molecular complexity index is 298. The largest absolute Gasteiger partial charge is 0.465 e. The number of esters is 1. The average molecular weight is 254 g/mol. The molecule has 0 aromatic heterocycles. The zero-order valence-corrected chi connectivity index (χ0v) is 11.9. The van der Waals surface area contributed by atoms with Gasteiger partial charge in [0.1, 0.15) is 6.04 Å². The lowest BCUT2D eigenvalue weighted by molar-refractivity contribution is -0.149. The number of rotatable bonds is 3. The maximum Gasteiger partial charge on any atom is 0.323 e. The number of likely N-dealkylation sites (tertiary alicyclic amines) is 2. The third-order valence-corrected chi connectivity index (χ3v) is 4.85. The van der Waals surface area contributed by atoms with Crippen LogP contribution in [0.15, 0.2) is 0 Å². The molecule has 0 saturated carbocycles. The van der Waals surface area contributed by atoms with Crippen LogP contribution < -0.4 is 0 Å². The van der Waals surface area contributed by atoms with E-state index in [1.807, 2.05) is 13.8 Å². The van der Waals surface area contributed by atoms with E-state index in [9.17, 15) is 4.79 Å². The van der Waals surface area contributed by atoms with E-state index >= 15 is 0 Å². The molecule has 0 radical (unpaired) electrons. The lowest BCUT2D eigenvalue weighted by Crippen LogP contribution is -2.54. The van der Waals surface area contributed by atoms with Gasteiger partial charge in [0.25, 0.3) is 0 Å². The Balaban J connectivity index is 1.88. The second-order valence-electron chi connectivity index (χ2n) is 5.71. The van der Waals surface area contributed by atoms with E-state index in [2.05, 4.69) is 16.8 Å². The second kappa shape index (κ2) is 5.57. The third kappa shape index (κ3) is 2.54. The molecule has 4 heteroatoms. The van der Waals surface area contributed by atoms with Crippen molar-refractivity contribution in [2.24, 2.45) is 0 Å². The van der Waals surface area contributed by atoms with Gasteiger partial charge in [0.15, 0.2) is 0 Å². The number of carbonyl (C=O) groups is 1. The molecule has 1 spiro atoms. The average Bonchev–Trinajstić information content (AvgIpc) is 2.71. The van der Waals surface area contributed by atoms with Gasteiger partial charge in [-0.3, -0.25) is 9.69 Å². The first-order valence-electron chi connectivity index (χ1n) is 7.21. The summed E-state index contributed by atoms with van der Waals surface area (Å²) < 4.78 is 5.10. The molecule has 2 fully saturated rings. The Morgan fingerprint density at radius 3 is 2.44 bits per heavy atom. The van der Waals surface area contributed by atoms with Crippen molar-refractivity contribution in [1.82, 2.24) is 9.80 Å². The fraction of sp³-hybridized carbons (Fsp3) is 0.929. The zero-order valence-electron chi connectivity index (χ0n) is 11.9. The number of piperidine rings is 1. The van der Waals surface area contributed by atoms with Crippen LogP contribution in [-0.4, -0.2) is 60.6 Å². The van der Waals surface area contributed by atoms with Gasteiger partial charge in [-0.25, -0.2) is 0 Å². The summed E-state index contributed by atoms with van der Waals surface area (Å²) in [7, 11) is 2.25. The quantitative estimate of drug-likeness (QED) is 0.715. The highest BCUT2D eigenvalue weighted by Crippen LogP contribution is 2.37. The minimum atomic E-state index is -0.0889. The number of carbonyl (C=O) groups excluding carboxylic acids is 1. The fourth-order valence-corrected chi connectivity index (χ4v) is 3.44. The van der Waals surface area contributed by atoms with Gasteiger partial charge in [-0.1, -0.05) is 0 Å². The topological polar surface area (TPSA) is 32.8 Å². The first-order valence-corrected chi connectivity index (χ1v) is 7.21. The van der Waals surface area contributed by atoms with Crippen molar-refractivity contribution in [3.63, 3.8) is 0 Å². The Morgan fingerprint density at radius 1 is 1.28 bits per heavy atom. The van der Waals surface area contributed by atoms with Crippen LogP contribution in [0.4, 0.5) is 0 Å².